The molecule has 4 rings (SSSR count). The first kappa shape index (κ1) is 17.1. The van der Waals surface area contributed by atoms with Crippen LogP contribution in [0.2, 0.25) is 0 Å². The number of thiazole rings is 1. The summed E-state index contributed by atoms with van der Waals surface area (Å²) >= 11 is 1.27. The monoisotopic (exact) mass is 389 g/mol. The lowest BCUT2D eigenvalue weighted by Crippen LogP contribution is -2.18. The molecule has 136 valence electrons. The molecule has 0 amide bonds. The van der Waals surface area contributed by atoms with Crippen LogP contribution in [0.15, 0.2) is 36.7 Å². The van der Waals surface area contributed by atoms with Crippen LogP contribution in [-0.2, 0) is 7.05 Å². The second-order valence-electron chi connectivity index (χ2n) is 5.65. The summed E-state index contributed by atoms with van der Waals surface area (Å²) in [6, 6.07) is 9.30. The Labute approximate surface area is 154 Å². The minimum absolute atomic E-state index is 0.00250. The topological polar surface area (TPSA) is 75.8 Å². The summed E-state index contributed by atoms with van der Waals surface area (Å²) in [5.74, 6) is -0.441. The molecule has 2 heterocycles. The predicted molar refractivity (Wildman–Crippen MR) is 95.0 cm³/mol. The van der Waals surface area contributed by atoms with Crippen molar-refractivity contribution in [1.29, 1.82) is 5.26 Å². The van der Waals surface area contributed by atoms with Gasteiger partial charge in [-0.2, -0.15) is 5.26 Å². The average molecular weight is 389 g/mol. The summed E-state index contributed by atoms with van der Waals surface area (Å²) in [7, 11) is 1.86. The lowest BCUT2D eigenvalue weighted by Gasteiger charge is -2.13. The van der Waals surface area contributed by atoms with E-state index in [1.54, 1.807) is 6.33 Å². The molecule has 0 aliphatic heterocycles. The third-order valence-corrected chi connectivity index (χ3v) is 4.76. The van der Waals surface area contributed by atoms with Gasteiger partial charge in [0, 0.05) is 7.05 Å². The van der Waals surface area contributed by atoms with Gasteiger partial charge in [-0.05, 0) is 30.3 Å². The Morgan fingerprint density at radius 3 is 2.78 bits per heavy atom. The number of nitrogens with one attached hydrogen (secondary N) is 1. The molecule has 0 spiro atoms. The van der Waals surface area contributed by atoms with E-state index in [9.17, 15) is 13.2 Å². The summed E-state index contributed by atoms with van der Waals surface area (Å²) in [6.07, 6.45) is -3.18. The smallest absolute Gasteiger partial charge is 0.404 e. The first-order valence-electron chi connectivity index (χ1n) is 7.61. The largest absolute Gasteiger partial charge is 0.573 e. The average Bonchev–Trinajstić information content (AvgIpc) is 3.18. The van der Waals surface area contributed by atoms with E-state index in [2.05, 4.69) is 20.0 Å². The Hall–Kier alpha value is -3.32. The third-order valence-electron chi connectivity index (χ3n) is 3.83. The van der Waals surface area contributed by atoms with E-state index in [0.717, 1.165) is 16.3 Å². The van der Waals surface area contributed by atoms with Crippen molar-refractivity contribution in [1.82, 2.24) is 14.5 Å². The normalized spacial score (nSPS) is 11.7. The van der Waals surface area contributed by atoms with Gasteiger partial charge >= 0.3 is 6.36 Å². The van der Waals surface area contributed by atoms with Gasteiger partial charge in [0.2, 0.25) is 0 Å². The van der Waals surface area contributed by atoms with Gasteiger partial charge in [0.25, 0.3) is 0 Å². The van der Waals surface area contributed by atoms with Gasteiger partial charge in [0.1, 0.15) is 11.0 Å². The van der Waals surface area contributed by atoms with Crippen LogP contribution in [0.4, 0.5) is 24.0 Å². The summed E-state index contributed by atoms with van der Waals surface area (Å²) in [5, 5.41) is 12.2. The number of alkyl halides is 3. The van der Waals surface area contributed by atoms with E-state index in [-0.39, 0.29) is 11.3 Å². The molecule has 0 saturated carbocycles. The fraction of sp³-hybridized carbons (Fsp3) is 0.118. The van der Waals surface area contributed by atoms with Gasteiger partial charge in [-0.25, -0.2) is 9.97 Å². The zero-order valence-electron chi connectivity index (χ0n) is 13.7. The first-order valence-corrected chi connectivity index (χ1v) is 8.43. The molecule has 27 heavy (non-hydrogen) atoms. The number of hydrogen-bond acceptors (Lipinski definition) is 6. The molecule has 6 nitrogen and oxygen atoms in total. The first-order chi connectivity index (χ1) is 12.8. The molecule has 1 N–H and O–H groups in total. The molecule has 0 unspecified atom stereocenters. The molecular formula is C17H10F3N5OS. The maximum Gasteiger partial charge on any atom is 0.573 e. The number of ether oxygens (including phenoxy) is 1. The zero-order valence-corrected chi connectivity index (χ0v) is 14.5. The highest BCUT2D eigenvalue weighted by Crippen LogP contribution is 2.36. The maximum absolute atomic E-state index is 12.6. The predicted octanol–water partition coefficient (Wildman–Crippen LogP) is 4.70. The number of nitriles is 1. The minimum Gasteiger partial charge on any atom is -0.404 e. The van der Waals surface area contributed by atoms with Crippen molar-refractivity contribution in [2.75, 3.05) is 5.32 Å². The lowest BCUT2D eigenvalue weighted by molar-refractivity contribution is -0.274. The van der Waals surface area contributed by atoms with Crippen molar-refractivity contribution in [3.8, 4) is 11.8 Å². The molecule has 0 fully saturated rings. The third kappa shape index (κ3) is 3.24. The molecule has 0 aliphatic rings. The highest BCUT2D eigenvalue weighted by atomic mass is 32.1. The quantitative estimate of drug-likeness (QED) is 0.550. The van der Waals surface area contributed by atoms with E-state index >= 15 is 0 Å². The van der Waals surface area contributed by atoms with Crippen LogP contribution >= 0.6 is 11.3 Å². The van der Waals surface area contributed by atoms with Crippen molar-refractivity contribution in [3.63, 3.8) is 0 Å². The van der Waals surface area contributed by atoms with E-state index in [0.29, 0.717) is 16.2 Å². The molecular weight excluding hydrogens is 379 g/mol. The lowest BCUT2D eigenvalue weighted by atomic mass is 10.2. The second kappa shape index (κ2) is 6.14. The zero-order chi connectivity index (χ0) is 19.2. The molecule has 2 aromatic carbocycles. The Bertz CT molecular complexity index is 1210. The van der Waals surface area contributed by atoms with Gasteiger partial charge in [-0.3, -0.25) is 0 Å². The number of benzene rings is 2. The number of aromatic nitrogens is 3. The highest BCUT2D eigenvalue weighted by Gasteiger charge is 2.32. The van der Waals surface area contributed by atoms with E-state index < -0.39 is 12.1 Å². The molecule has 0 saturated heterocycles. The van der Waals surface area contributed by atoms with Crippen LogP contribution in [0.1, 0.15) is 5.56 Å². The van der Waals surface area contributed by atoms with Crippen LogP contribution in [0.25, 0.3) is 21.3 Å². The number of halogens is 3. The van der Waals surface area contributed by atoms with Gasteiger partial charge in [0.05, 0.1) is 33.9 Å². The van der Waals surface area contributed by atoms with Crippen molar-refractivity contribution in [2.45, 2.75) is 6.36 Å². The summed E-state index contributed by atoms with van der Waals surface area (Å²) < 4.78 is 44.7. The van der Waals surface area contributed by atoms with Crippen molar-refractivity contribution in [3.05, 3.63) is 42.2 Å². The Morgan fingerprint density at radius 1 is 1.22 bits per heavy atom. The number of anilines is 2. The number of imidazole rings is 1. The number of rotatable bonds is 3. The second-order valence-corrected chi connectivity index (χ2v) is 6.68. The van der Waals surface area contributed by atoms with E-state index in [1.807, 2.05) is 29.8 Å². The van der Waals surface area contributed by atoms with Crippen LogP contribution in [0.3, 0.4) is 0 Å². The van der Waals surface area contributed by atoms with Crippen LogP contribution in [0.5, 0.6) is 5.75 Å². The van der Waals surface area contributed by atoms with Crippen molar-refractivity contribution in [2.24, 2.45) is 7.05 Å². The molecule has 0 bridgehead atoms. The number of fused-ring (bicyclic) bond motifs is 3. The SMILES string of the molecule is Cn1cnc2c3nc(Nc4cc(C#N)ccc4OC(F)(F)F)sc3ccc21. The van der Waals surface area contributed by atoms with Gasteiger partial charge < -0.3 is 14.6 Å². The Morgan fingerprint density at radius 2 is 2.04 bits per heavy atom. The summed E-state index contributed by atoms with van der Waals surface area (Å²) in [6.45, 7) is 0. The highest BCUT2D eigenvalue weighted by molar-refractivity contribution is 7.22. The summed E-state index contributed by atoms with van der Waals surface area (Å²) in [5.41, 5.74) is 2.45. The fourth-order valence-electron chi connectivity index (χ4n) is 2.67. The Kier molecular flexibility index (Phi) is 3.89. The van der Waals surface area contributed by atoms with Gasteiger partial charge in [-0.15, -0.1) is 13.2 Å². The van der Waals surface area contributed by atoms with E-state index in [1.165, 1.54) is 23.5 Å². The van der Waals surface area contributed by atoms with Crippen molar-refractivity contribution >= 4 is 43.4 Å². The fourth-order valence-corrected chi connectivity index (χ4v) is 3.55. The van der Waals surface area contributed by atoms with Crippen molar-refractivity contribution < 1.29 is 17.9 Å². The van der Waals surface area contributed by atoms with Crippen LogP contribution < -0.4 is 10.1 Å². The molecule has 0 aliphatic carbocycles. The minimum atomic E-state index is -4.85. The molecule has 0 radical (unpaired) electrons. The molecule has 4 aromatic rings. The van der Waals surface area contributed by atoms with Gasteiger partial charge in [-0.1, -0.05) is 11.3 Å². The number of hydrogen-bond donors (Lipinski definition) is 1. The standard InChI is InChI=1S/C17H10F3N5OS/c1-25-8-22-14-11(25)3-5-13-15(14)24-16(27-13)23-10-6-9(7-21)2-4-12(10)26-17(18,19)20/h2-6,8H,1H3,(H,23,24). The number of nitrogens with zero attached hydrogens (tertiary/aromatic N) is 4. The van der Waals surface area contributed by atoms with Crippen LogP contribution in [0, 0.1) is 11.3 Å². The van der Waals surface area contributed by atoms with Crippen LogP contribution in [-0.4, -0.2) is 20.9 Å². The maximum atomic E-state index is 12.6. The molecule has 10 heteroatoms. The molecule has 0 atom stereocenters. The molecule has 2 aromatic heterocycles. The van der Waals surface area contributed by atoms with Gasteiger partial charge in [0.15, 0.2) is 10.9 Å². The van der Waals surface area contributed by atoms with E-state index in [4.69, 9.17) is 5.26 Å². The Balaban J connectivity index is 1.77. The number of aryl methyl sites for hydroxylation is 1. The summed E-state index contributed by atoms with van der Waals surface area (Å²) in [4.78, 5) is 8.78.